The molecule has 18 heavy (non-hydrogen) atoms. The summed E-state index contributed by atoms with van der Waals surface area (Å²) in [6.07, 6.45) is 3.04. The smallest absolute Gasteiger partial charge is 0.310 e. The van der Waals surface area contributed by atoms with Gasteiger partial charge >= 0.3 is 5.97 Å². The molecule has 1 fully saturated rings. The quantitative estimate of drug-likeness (QED) is 0.757. The van der Waals surface area contributed by atoms with E-state index in [9.17, 15) is 14.7 Å². The van der Waals surface area contributed by atoms with Crippen LogP contribution in [0.2, 0.25) is 0 Å². The average Bonchev–Trinajstić information content (AvgIpc) is 2.65. The molecule has 1 aliphatic rings. The summed E-state index contributed by atoms with van der Waals surface area (Å²) in [6.45, 7) is 4.12. The molecule has 1 rings (SSSR count). The highest BCUT2D eigenvalue weighted by Gasteiger charge is 2.43. The maximum atomic E-state index is 12.0. The Morgan fingerprint density at radius 2 is 1.89 bits per heavy atom. The van der Waals surface area contributed by atoms with Gasteiger partial charge in [-0.25, -0.2) is 0 Å². The first-order chi connectivity index (χ1) is 8.31. The first-order valence-corrected chi connectivity index (χ1v) is 6.35. The number of carbonyl (C=O) groups is 2. The number of carbonyl (C=O) groups excluding carboxylic acids is 1. The summed E-state index contributed by atoms with van der Waals surface area (Å²) >= 11 is 0. The topological polar surface area (TPSA) is 75.6 Å². The van der Waals surface area contributed by atoms with Gasteiger partial charge in [0.1, 0.15) is 0 Å². The van der Waals surface area contributed by atoms with E-state index < -0.39 is 16.9 Å². The maximum Gasteiger partial charge on any atom is 0.310 e. The van der Waals surface area contributed by atoms with Gasteiger partial charge in [0, 0.05) is 13.5 Å². The van der Waals surface area contributed by atoms with Crippen molar-refractivity contribution in [3.63, 3.8) is 0 Å². The van der Waals surface area contributed by atoms with Crippen molar-refractivity contribution in [2.24, 2.45) is 5.41 Å². The Balaban J connectivity index is 2.60. The van der Waals surface area contributed by atoms with Gasteiger partial charge in [-0.3, -0.25) is 9.59 Å². The minimum absolute atomic E-state index is 0.0650. The summed E-state index contributed by atoms with van der Waals surface area (Å²) < 4.78 is 5.02. The lowest BCUT2D eigenvalue weighted by Gasteiger charge is -2.28. The van der Waals surface area contributed by atoms with E-state index >= 15 is 0 Å². The molecule has 0 bridgehead atoms. The molecular weight excluding hydrogens is 234 g/mol. The van der Waals surface area contributed by atoms with E-state index in [2.05, 4.69) is 5.32 Å². The van der Waals surface area contributed by atoms with Gasteiger partial charge in [0.25, 0.3) is 0 Å². The first kappa shape index (κ1) is 15.0. The van der Waals surface area contributed by atoms with Crippen LogP contribution in [0.15, 0.2) is 0 Å². The fourth-order valence-corrected chi connectivity index (χ4v) is 2.64. The van der Waals surface area contributed by atoms with Gasteiger partial charge in [0.05, 0.1) is 17.6 Å². The molecule has 5 heteroatoms. The van der Waals surface area contributed by atoms with Crippen molar-refractivity contribution < 1.29 is 19.4 Å². The van der Waals surface area contributed by atoms with Gasteiger partial charge in [-0.1, -0.05) is 12.8 Å². The van der Waals surface area contributed by atoms with Crippen LogP contribution in [0.4, 0.5) is 0 Å². The molecule has 0 saturated heterocycles. The first-order valence-electron chi connectivity index (χ1n) is 6.35. The number of hydrogen-bond donors (Lipinski definition) is 2. The second kappa shape index (κ2) is 5.69. The second-order valence-electron chi connectivity index (χ2n) is 5.83. The number of nitrogens with one attached hydrogen (secondary N) is 1. The van der Waals surface area contributed by atoms with E-state index in [0.29, 0.717) is 19.4 Å². The number of carboxylic acid groups (broad SMARTS) is 1. The molecule has 0 atom stereocenters. The Bertz CT molecular complexity index is 319. The van der Waals surface area contributed by atoms with Crippen LogP contribution in [0, 0.1) is 5.41 Å². The zero-order chi connectivity index (χ0) is 13.8. The normalized spacial score (nSPS) is 18.6. The van der Waals surface area contributed by atoms with Gasteiger partial charge in [0.15, 0.2) is 0 Å². The van der Waals surface area contributed by atoms with Gasteiger partial charge in [-0.15, -0.1) is 0 Å². The highest BCUT2D eigenvalue weighted by Crippen LogP contribution is 2.41. The number of aliphatic carboxylic acids is 1. The molecule has 5 nitrogen and oxygen atoms in total. The molecule has 0 radical (unpaired) electrons. The number of carboxylic acids is 1. The Kier molecular flexibility index (Phi) is 4.73. The summed E-state index contributed by atoms with van der Waals surface area (Å²) in [6, 6.07) is 0. The van der Waals surface area contributed by atoms with Gasteiger partial charge in [-0.05, 0) is 26.7 Å². The zero-order valence-corrected chi connectivity index (χ0v) is 11.4. The van der Waals surface area contributed by atoms with Gasteiger partial charge in [0.2, 0.25) is 5.91 Å². The highest BCUT2D eigenvalue weighted by atomic mass is 16.5. The summed E-state index contributed by atoms with van der Waals surface area (Å²) in [5.41, 5.74) is -1.32. The Hall–Kier alpha value is -1.10. The minimum Gasteiger partial charge on any atom is -0.481 e. The van der Waals surface area contributed by atoms with E-state index in [0.717, 1.165) is 12.8 Å². The molecule has 104 valence electrons. The van der Waals surface area contributed by atoms with Gasteiger partial charge in [-0.2, -0.15) is 0 Å². The third-order valence-corrected chi connectivity index (χ3v) is 3.50. The predicted molar refractivity (Wildman–Crippen MR) is 67.3 cm³/mol. The lowest BCUT2D eigenvalue weighted by atomic mass is 9.82. The van der Waals surface area contributed by atoms with Crippen molar-refractivity contribution >= 4 is 11.9 Å². The van der Waals surface area contributed by atoms with E-state index in [1.165, 1.54) is 0 Å². The van der Waals surface area contributed by atoms with Crippen LogP contribution in [0.3, 0.4) is 0 Å². The lowest BCUT2D eigenvalue weighted by molar-refractivity contribution is -0.151. The molecule has 0 aromatic rings. The van der Waals surface area contributed by atoms with Crippen molar-refractivity contribution in [1.29, 1.82) is 0 Å². The Morgan fingerprint density at radius 3 is 2.33 bits per heavy atom. The SMILES string of the molecule is COCC(C)(C)NC(=O)CC1(C(=O)O)CCCC1. The molecule has 2 N–H and O–H groups in total. The molecule has 0 unspecified atom stereocenters. The molecule has 1 aliphatic carbocycles. The van der Waals surface area contributed by atoms with Crippen molar-refractivity contribution in [3.05, 3.63) is 0 Å². The highest BCUT2D eigenvalue weighted by molar-refractivity contribution is 5.85. The minimum atomic E-state index is -0.854. The molecule has 0 aromatic carbocycles. The molecule has 0 heterocycles. The Morgan fingerprint density at radius 1 is 1.33 bits per heavy atom. The van der Waals surface area contributed by atoms with E-state index in [4.69, 9.17) is 4.74 Å². The van der Waals surface area contributed by atoms with Crippen LogP contribution in [0.1, 0.15) is 46.0 Å². The van der Waals surface area contributed by atoms with E-state index in [-0.39, 0.29) is 12.3 Å². The van der Waals surface area contributed by atoms with Gasteiger partial charge < -0.3 is 15.2 Å². The van der Waals surface area contributed by atoms with Crippen LogP contribution >= 0.6 is 0 Å². The molecule has 0 spiro atoms. The average molecular weight is 257 g/mol. The fourth-order valence-electron chi connectivity index (χ4n) is 2.64. The summed E-state index contributed by atoms with van der Waals surface area (Å²) in [4.78, 5) is 23.3. The van der Waals surface area contributed by atoms with Crippen LogP contribution in [-0.2, 0) is 14.3 Å². The number of rotatable bonds is 6. The number of ether oxygens (including phenoxy) is 1. The lowest BCUT2D eigenvalue weighted by Crippen LogP contribution is -2.48. The third-order valence-electron chi connectivity index (χ3n) is 3.50. The summed E-state index contributed by atoms with van der Waals surface area (Å²) in [5.74, 6) is -1.05. The molecule has 1 saturated carbocycles. The van der Waals surface area contributed by atoms with Crippen LogP contribution in [0.5, 0.6) is 0 Å². The summed E-state index contributed by atoms with van der Waals surface area (Å²) in [5, 5.41) is 12.1. The summed E-state index contributed by atoms with van der Waals surface area (Å²) in [7, 11) is 1.57. The predicted octanol–water partition coefficient (Wildman–Crippen LogP) is 1.56. The van der Waals surface area contributed by atoms with Crippen LogP contribution < -0.4 is 5.32 Å². The van der Waals surface area contributed by atoms with Crippen LogP contribution in [-0.4, -0.2) is 36.2 Å². The second-order valence-corrected chi connectivity index (χ2v) is 5.83. The number of amides is 1. The van der Waals surface area contributed by atoms with Crippen molar-refractivity contribution in [2.75, 3.05) is 13.7 Å². The molecule has 0 aliphatic heterocycles. The standard InChI is InChI=1S/C13H23NO4/c1-12(2,9-18-3)14-10(15)8-13(11(16)17)6-4-5-7-13/h4-9H2,1-3H3,(H,14,15)(H,16,17). The molecule has 1 amide bonds. The Labute approximate surface area is 108 Å². The molecular formula is C13H23NO4. The van der Waals surface area contributed by atoms with Crippen molar-refractivity contribution in [2.45, 2.75) is 51.5 Å². The molecule has 0 aromatic heterocycles. The van der Waals surface area contributed by atoms with E-state index in [1.807, 2.05) is 13.8 Å². The van der Waals surface area contributed by atoms with Crippen molar-refractivity contribution in [1.82, 2.24) is 5.32 Å². The largest absolute Gasteiger partial charge is 0.481 e. The number of methoxy groups -OCH3 is 1. The zero-order valence-electron chi connectivity index (χ0n) is 11.4. The number of hydrogen-bond acceptors (Lipinski definition) is 3. The maximum absolute atomic E-state index is 12.0. The van der Waals surface area contributed by atoms with Crippen molar-refractivity contribution in [3.8, 4) is 0 Å². The van der Waals surface area contributed by atoms with E-state index in [1.54, 1.807) is 7.11 Å². The fraction of sp³-hybridized carbons (Fsp3) is 0.846. The third kappa shape index (κ3) is 3.70. The van der Waals surface area contributed by atoms with Crippen LogP contribution in [0.25, 0.3) is 0 Å². The monoisotopic (exact) mass is 257 g/mol.